The van der Waals surface area contributed by atoms with Gasteiger partial charge in [-0.2, -0.15) is 0 Å². The van der Waals surface area contributed by atoms with Crippen LogP contribution in [0.25, 0.3) is 0 Å². The summed E-state index contributed by atoms with van der Waals surface area (Å²) >= 11 is 0. The van der Waals surface area contributed by atoms with E-state index in [1.807, 2.05) is 12.1 Å². The molecule has 0 aromatic heterocycles. The van der Waals surface area contributed by atoms with Crippen LogP contribution >= 0.6 is 0 Å². The zero-order chi connectivity index (χ0) is 23.4. The maximum Gasteiger partial charge on any atom is 0.255 e. The summed E-state index contributed by atoms with van der Waals surface area (Å²) < 4.78 is 6.13. The van der Waals surface area contributed by atoms with Crippen molar-refractivity contribution in [3.8, 4) is 5.75 Å². The number of rotatable bonds is 9. The molecule has 6 nitrogen and oxygen atoms in total. The van der Waals surface area contributed by atoms with Crippen LogP contribution < -0.4 is 10.1 Å². The Morgan fingerprint density at radius 1 is 1.09 bits per heavy atom. The van der Waals surface area contributed by atoms with E-state index in [1.165, 1.54) is 32.3 Å². The molecule has 174 valence electrons. The fourth-order valence-corrected chi connectivity index (χ4v) is 4.83. The van der Waals surface area contributed by atoms with Crippen LogP contribution in [0.3, 0.4) is 0 Å². The number of nitrogens with zero attached hydrogens (tertiary/aromatic N) is 1. The maximum atomic E-state index is 13.0. The molecule has 33 heavy (non-hydrogen) atoms. The molecule has 0 spiro atoms. The van der Waals surface area contributed by atoms with Gasteiger partial charge in [0.25, 0.3) is 5.91 Å². The molecule has 1 amide bonds. The summed E-state index contributed by atoms with van der Waals surface area (Å²) in [6.45, 7) is 5.86. The highest BCUT2D eigenvalue weighted by atomic mass is 16.5. The summed E-state index contributed by atoms with van der Waals surface area (Å²) in [5, 5.41) is 3.40. The molecule has 1 saturated heterocycles. The van der Waals surface area contributed by atoms with Gasteiger partial charge in [-0.1, -0.05) is 30.3 Å². The van der Waals surface area contributed by atoms with Crippen molar-refractivity contribution in [3.63, 3.8) is 0 Å². The fourth-order valence-electron chi connectivity index (χ4n) is 4.83. The molecule has 2 aromatic rings. The Kier molecular flexibility index (Phi) is 7.23. The third-order valence-corrected chi connectivity index (χ3v) is 6.75. The smallest absolute Gasteiger partial charge is 0.255 e. The second-order valence-electron chi connectivity index (χ2n) is 9.14. The van der Waals surface area contributed by atoms with Crippen molar-refractivity contribution in [2.45, 2.75) is 64.6 Å². The molecule has 6 heteroatoms. The predicted octanol–water partition coefficient (Wildman–Crippen LogP) is 4.02. The third kappa shape index (κ3) is 5.33. The highest BCUT2D eigenvalue weighted by molar-refractivity contribution is 6.01. The zero-order valence-corrected chi connectivity index (χ0v) is 19.4. The summed E-state index contributed by atoms with van der Waals surface area (Å²) in [4.78, 5) is 38.3. The number of hydrogen-bond acceptors (Lipinski definition) is 5. The molecule has 0 bridgehead atoms. The van der Waals surface area contributed by atoms with Crippen molar-refractivity contribution < 1.29 is 19.1 Å². The largest absolute Gasteiger partial charge is 0.489 e. The van der Waals surface area contributed by atoms with Crippen molar-refractivity contribution in [3.05, 3.63) is 64.7 Å². The van der Waals surface area contributed by atoms with Crippen LogP contribution in [0.15, 0.2) is 42.5 Å². The Bertz CT molecular complexity index is 1020. The van der Waals surface area contributed by atoms with Crippen molar-refractivity contribution in [2.24, 2.45) is 0 Å². The van der Waals surface area contributed by atoms with E-state index in [2.05, 4.69) is 29.6 Å². The van der Waals surface area contributed by atoms with Crippen LogP contribution in [0.2, 0.25) is 0 Å². The SMILES string of the molecule is CC(=O)CCC(C(C)=O)N1Cc2c(OCc3ccc(C4CCNCC4)cc3)cccc2C1=O. The molecule has 0 radical (unpaired) electrons. The molecule has 1 N–H and O–H groups in total. The summed E-state index contributed by atoms with van der Waals surface area (Å²) in [6, 6.07) is 13.5. The first-order chi connectivity index (χ1) is 15.9. The Morgan fingerprint density at radius 2 is 1.82 bits per heavy atom. The lowest BCUT2D eigenvalue weighted by Crippen LogP contribution is -2.40. The monoisotopic (exact) mass is 448 g/mol. The summed E-state index contributed by atoms with van der Waals surface area (Å²) in [6.07, 6.45) is 2.97. The number of carbonyl (C=O) groups is 3. The van der Waals surface area contributed by atoms with Gasteiger partial charge in [-0.3, -0.25) is 9.59 Å². The highest BCUT2D eigenvalue weighted by Crippen LogP contribution is 2.34. The molecular weight excluding hydrogens is 416 g/mol. The van der Waals surface area contributed by atoms with Gasteiger partial charge < -0.3 is 19.7 Å². The molecule has 1 fully saturated rings. The minimum absolute atomic E-state index is 0.0144. The second kappa shape index (κ2) is 10.3. The van der Waals surface area contributed by atoms with E-state index in [9.17, 15) is 14.4 Å². The van der Waals surface area contributed by atoms with E-state index in [0.717, 1.165) is 24.2 Å². The number of hydrogen-bond donors (Lipinski definition) is 1. The van der Waals surface area contributed by atoms with Crippen LogP contribution in [0.5, 0.6) is 5.75 Å². The Morgan fingerprint density at radius 3 is 2.48 bits per heavy atom. The van der Waals surface area contributed by atoms with Crippen LogP contribution in [-0.2, 0) is 22.7 Å². The number of amides is 1. The van der Waals surface area contributed by atoms with Crippen LogP contribution in [0.4, 0.5) is 0 Å². The lowest BCUT2D eigenvalue weighted by Gasteiger charge is -2.25. The van der Waals surface area contributed by atoms with Crippen molar-refractivity contribution in [1.29, 1.82) is 0 Å². The van der Waals surface area contributed by atoms with Gasteiger partial charge in [-0.05, 0) is 75.4 Å². The Hall–Kier alpha value is -2.99. The Labute approximate surface area is 195 Å². The first kappa shape index (κ1) is 23.2. The Balaban J connectivity index is 1.44. The van der Waals surface area contributed by atoms with Gasteiger partial charge in [0, 0.05) is 17.5 Å². The summed E-state index contributed by atoms with van der Waals surface area (Å²) in [5.74, 6) is 1.02. The number of ketones is 2. The molecule has 2 heterocycles. The van der Waals surface area contributed by atoms with Gasteiger partial charge in [-0.15, -0.1) is 0 Å². The molecule has 0 aliphatic carbocycles. The number of Topliss-reactive ketones (excluding diaryl/α,β-unsaturated/α-hetero) is 2. The van der Waals surface area contributed by atoms with E-state index in [0.29, 0.717) is 36.8 Å². The van der Waals surface area contributed by atoms with Crippen LogP contribution in [0.1, 0.15) is 72.5 Å². The van der Waals surface area contributed by atoms with E-state index in [4.69, 9.17) is 4.74 Å². The number of carbonyl (C=O) groups excluding carboxylic acids is 3. The van der Waals surface area contributed by atoms with Gasteiger partial charge in [0.1, 0.15) is 18.1 Å². The summed E-state index contributed by atoms with van der Waals surface area (Å²) in [5.41, 5.74) is 3.84. The van der Waals surface area contributed by atoms with Crippen molar-refractivity contribution in [2.75, 3.05) is 13.1 Å². The maximum absolute atomic E-state index is 13.0. The molecular formula is C27H32N2O4. The standard InChI is InChI=1S/C27H32N2O4/c1-18(30)6-11-25(19(2)31)29-16-24-23(27(29)32)4-3-5-26(24)33-17-20-7-9-21(10-8-20)22-12-14-28-15-13-22/h3-5,7-10,22,25,28H,6,11-17H2,1-2H3. The molecule has 1 unspecified atom stereocenters. The molecule has 0 saturated carbocycles. The van der Waals surface area contributed by atoms with Crippen molar-refractivity contribution >= 4 is 17.5 Å². The minimum Gasteiger partial charge on any atom is -0.489 e. The minimum atomic E-state index is -0.593. The average Bonchev–Trinajstić information content (AvgIpc) is 3.15. The number of nitrogens with one attached hydrogen (secondary N) is 1. The van der Waals surface area contributed by atoms with Gasteiger partial charge in [0.15, 0.2) is 5.78 Å². The highest BCUT2D eigenvalue weighted by Gasteiger charge is 2.36. The van der Waals surface area contributed by atoms with Gasteiger partial charge in [0.05, 0.1) is 12.6 Å². The summed E-state index contributed by atoms with van der Waals surface area (Å²) in [7, 11) is 0. The van der Waals surface area contributed by atoms with Gasteiger partial charge in [-0.25, -0.2) is 0 Å². The van der Waals surface area contributed by atoms with E-state index < -0.39 is 6.04 Å². The molecule has 2 aromatic carbocycles. The van der Waals surface area contributed by atoms with Crippen LogP contribution in [0, 0.1) is 0 Å². The number of fused-ring (bicyclic) bond motifs is 1. The van der Waals surface area contributed by atoms with Crippen molar-refractivity contribution in [1.82, 2.24) is 10.2 Å². The van der Waals surface area contributed by atoms with E-state index in [1.54, 1.807) is 11.0 Å². The van der Waals surface area contributed by atoms with Gasteiger partial charge >= 0.3 is 0 Å². The normalized spacial score (nSPS) is 17.0. The number of benzene rings is 2. The molecule has 4 rings (SSSR count). The van der Waals surface area contributed by atoms with E-state index >= 15 is 0 Å². The zero-order valence-electron chi connectivity index (χ0n) is 19.4. The topological polar surface area (TPSA) is 75.7 Å². The molecule has 1 atom stereocenters. The quantitative estimate of drug-likeness (QED) is 0.627. The average molecular weight is 449 g/mol. The number of piperidine rings is 1. The molecule has 2 aliphatic rings. The lowest BCUT2D eigenvalue weighted by molar-refractivity contribution is -0.122. The first-order valence-corrected chi connectivity index (χ1v) is 11.8. The third-order valence-electron chi connectivity index (χ3n) is 6.75. The fraction of sp³-hybridized carbons (Fsp3) is 0.444. The predicted molar refractivity (Wildman–Crippen MR) is 126 cm³/mol. The second-order valence-corrected chi connectivity index (χ2v) is 9.14. The van der Waals surface area contributed by atoms with Gasteiger partial charge in [0.2, 0.25) is 0 Å². The first-order valence-electron chi connectivity index (χ1n) is 11.8. The number of ether oxygens (including phenoxy) is 1. The molecule has 2 aliphatic heterocycles. The lowest BCUT2D eigenvalue weighted by atomic mass is 9.90. The van der Waals surface area contributed by atoms with E-state index in [-0.39, 0.29) is 23.9 Å². The van der Waals surface area contributed by atoms with Crippen LogP contribution in [-0.4, -0.2) is 41.5 Å².